The minimum atomic E-state index is -0.421. The van der Waals surface area contributed by atoms with Crippen molar-refractivity contribution >= 4 is 29.1 Å². The number of halogens is 1. The van der Waals surface area contributed by atoms with Crippen molar-refractivity contribution in [2.24, 2.45) is 5.92 Å². The molecule has 0 spiro atoms. The normalized spacial score (nSPS) is 19.0. The van der Waals surface area contributed by atoms with E-state index in [2.05, 4.69) is 0 Å². The monoisotopic (exact) mass is 322 g/mol. The topological polar surface area (TPSA) is 40.6 Å². The van der Waals surface area contributed by atoms with Crippen LogP contribution in [0.15, 0.2) is 18.2 Å². The molecule has 1 saturated heterocycles. The highest BCUT2D eigenvalue weighted by Crippen LogP contribution is 2.27. The summed E-state index contributed by atoms with van der Waals surface area (Å²) in [6.07, 6.45) is 0.484. The number of anilines is 1. The molecule has 1 heterocycles. The molecule has 4 nitrogen and oxygen atoms in total. The van der Waals surface area contributed by atoms with Gasteiger partial charge in [-0.3, -0.25) is 9.59 Å². The van der Waals surface area contributed by atoms with E-state index in [-0.39, 0.29) is 11.8 Å². The van der Waals surface area contributed by atoms with E-state index in [1.54, 1.807) is 22.8 Å². The summed E-state index contributed by atoms with van der Waals surface area (Å²) in [6, 6.07) is 5.09. The number of carbonyl (C=O) groups excluding carboxylic acids is 2. The molecule has 1 fully saturated rings. The lowest BCUT2D eigenvalue weighted by atomic mass is 10.1. The Hall–Kier alpha value is -1.55. The zero-order valence-electron chi connectivity index (χ0n) is 13.6. The van der Waals surface area contributed by atoms with E-state index in [0.29, 0.717) is 30.5 Å². The zero-order valence-corrected chi connectivity index (χ0v) is 14.4. The van der Waals surface area contributed by atoms with Gasteiger partial charge in [-0.1, -0.05) is 25.4 Å². The van der Waals surface area contributed by atoms with Crippen LogP contribution in [0.5, 0.6) is 0 Å². The first-order valence-corrected chi connectivity index (χ1v) is 8.06. The molecule has 2 rings (SSSR count). The third-order valence-corrected chi connectivity index (χ3v) is 4.24. The summed E-state index contributed by atoms with van der Waals surface area (Å²) >= 11 is 5.98. The standard InChI is InChI=1S/C17H23ClN2O2/c1-11(2)9-16(21)19-7-8-20(17(22)13(19)4)15-6-5-14(18)10-12(15)3/h5-6,10-11,13H,7-9H2,1-4H3. The van der Waals surface area contributed by atoms with Crippen LogP contribution in [-0.2, 0) is 9.59 Å². The van der Waals surface area contributed by atoms with Gasteiger partial charge in [0, 0.05) is 30.2 Å². The molecule has 5 heteroatoms. The zero-order chi connectivity index (χ0) is 16.4. The summed E-state index contributed by atoms with van der Waals surface area (Å²) in [4.78, 5) is 28.4. The highest BCUT2D eigenvalue weighted by molar-refractivity contribution is 6.30. The van der Waals surface area contributed by atoms with Crippen molar-refractivity contribution in [2.45, 2.75) is 40.2 Å². The number of rotatable bonds is 3. The predicted molar refractivity (Wildman–Crippen MR) is 89.2 cm³/mol. The number of amides is 2. The maximum absolute atomic E-state index is 12.7. The summed E-state index contributed by atoms with van der Waals surface area (Å²) in [7, 11) is 0. The van der Waals surface area contributed by atoms with E-state index in [1.165, 1.54) is 0 Å². The van der Waals surface area contributed by atoms with Crippen LogP contribution in [0.25, 0.3) is 0 Å². The van der Waals surface area contributed by atoms with Gasteiger partial charge in [-0.25, -0.2) is 0 Å². The number of hydrogen-bond acceptors (Lipinski definition) is 2. The molecule has 1 unspecified atom stereocenters. The van der Waals surface area contributed by atoms with Crippen LogP contribution in [0.4, 0.5) is 5.69 Å². The summed E-state index contributed by atoms with van der Waals surface area (Å²) in [5.74, 6) is 0.323. The fourth-order valence-electron chi connectivity index (χ4n) is 2.84. The van der Waals surface area contributed by atoms with Gasteiger partial charge >= 0.3 is 0 Å². The molecule has 0 aliphatic carbocycles. The van der Waals surface area contributed by atoms with Gasteiger partial charge < -0.3 is 9.80 Å². The lowest BCUT2D eigenvalue weighted by Gasteiger charge is -2.40. The third-order valence-electron chi connectivity index (χ3n) is 4.01. The van der Waals surface area contributed by atoms with Crippen molar-refractivity contribution in [3.05, 3.63) is 28.8 Å². The molecule has 2 amide bonds. The molecule has 1 aliphatic rings. The first kappa shape index (κ1) is 16.8. The van der Waals surface area contributed by atoms with Crippen molar-refractivity contribution in [3.63, 3.8) is 0 Å². The van der Waals surface area contributed by atoms with Crippen LogP contribution in [0.3, 0.4) is 0 Å². The smallest absolute Gasteiger partial charge is 0.249 e. The molecule has 1 atom stereocenters. The fourth-order valence-corrected chi connectivity index (χ4v) is 3.07. The van der Waals surface area contributed by atoms with Crippen molar-refractivity contribution < 1.29 is 9.59 Å². The average Bonchev–Trinajstić information content (AvgIpc) is 2.41. The Balaban J connectivity index is 2.17. The van der Waals surface area contributed by atoms with Crippen LogP contribution >= 0.6 is 11.6 Å². The van der Waals surface area contributed by atoms with E-state index >= 15 is 0 Å². The van der Waals surface area contributed by atoms with Gasteiger partial charge in [-0.2, -0.15) is 0 Å². The van der Waals surface area contributed by atoms with Gasteiger partial charge in [0.1, 0.15) is 6.04 Å². The number of hydrogen-bond donors (Lipinski definition) is 0. The summed E-state index contributed by atoms with van der Waals surface area (Å²) in [5, 5.41) is 0.660. The Kier molecular flexibility index (Phi) is 5.12. The molecule has 0 radical (unpaired) electrons. The Morgan fingerprint density at radius 3 is 2.64 bits per heavy atom. The van der Waals surface area contributed by atoms with Gasteiger partial charge in [0.05, 0.1) is 0 Å². The van der Waals surface area contributed by atoms with Crippen molar-refractivity contribution in [3.8, 4) is 0 Å². The van der Waals surface area contributed by atoms with Crippen molar-refractivity contribution in [2.75, 3.05) is 18.0 Å². The van der Waals surface area contributed by atoms with Crippen LogP contribution in [0.2, 0.25) is 5.02 Å². The second-order valence-electron chi connectivity index (χ2n) is 6.28. The van der Waals surface area contributed by atoms with Crippen LogP contribution in [-0.4, -0.2) is 35.8 Å². The SMILES string of the molecule is Cc1cc(Cl)ccc1N1CCN(C(=O)CC(C)C)C(C)C1=O. The molecule has 1 aromatic carbocycles. The first-order valence-electron chi connectivity index (χ1n) is 7.68. The molecular formula is C17H23ClN2O2. The largest absolute Gasteiger partial charge is 0.329 e. The van der Waals surface area contributed by atoms with Crippen LogP contribution in [0.1, 0.15) is 32.8 Å². The Bertz CT molecular complexity index is 586. The Morgan fingerprint density at radius 1 is 1.36 bits per heavy atom. The maximum atomic E-state index is 12.7. The van der Waals surface area contributed by atoms with Gasteiger partial charge in [-0.05, 0) is 43.5 Å². The average molecular weight is 323 g/mol. The highest BCUT2D eigenvalue weighted by Gasteiger charge is 2.35. The lowest BCUT2D eigenvalue weighted by molar-refractivity contribution is -0.141. The molecule has 0 N–H and O–H groups in total. The number of piperazine rings is 1. The van der Waals surface area contributed by atoms with Gasteiger partial charge in [0.15, 0.2) is 0 Å². The molecule has 0 aromatic heterocycles. The fraction of sp³-hybridized carbons (Fsp3) is 0.529. The minimum Gasteiger partial charge on any atom is -0.329 e. The summed E-state index contributed by atoms with van der Waals surface area (Å²) in [5.41, 5.74) is 1.84. The molecule has 0 saturated carbocycles. The van der Waals surface area contributed by atoms with Crippen LogP contribution < -0.4 is 4.90 Å². The molecule has 120 valence electrons. The van der Waals surface area contributed by atoms with Crippen molar-refractivity contribution in [1.29, 1.82) is 0 Å². The predicted octanol–water partition coefficient (Wildman–Crippen LogP) is 3.26. The Labute approximate surface area is 137 Å². The molecule has 0 bridgehead atoms. The lowest BCUT2D eigenvalue weighted by Crippen LogP contribution is -2.58. The molecular weight excluding hydrogens is 300 g/mol. The number of carbonyl (C=O) groups is 2. The second kappa shape index (κ2) is 6.69. The van der Waals surface area contributed by atoms with E-state index in [4.69, 9.17) is 11.6 Å². The minimum absolute atomic E-state index is 0.0335. The van der Waals surface area contributed by atoms with Crippen LogP contribution in [0, 0.1) is 12.8 Å². The maximum Gasteiger partial charge on any atom is 0.249 e. The first-order chi connectivity index (χ1) is 10.3. The number of aryl methyl sites for hydroxylation is 1. The van der Waals surface area contributed by atoms with Gasteiger partial charge in [-0.15, -0.1) is 0 Å². The number of nitrogens with zero attached hydrogens (tertiary/aromatic N) is 2. The van der Waals surface area contributed by atoms with E-state index in [9.17, 15) is 9.59 Å². The second-order valence-corrected chi connectivity index (χ2v) is 6.72. The van der Waals surface area contributed by atoms with Gasteiger partial charge in [0.25, 0.3) is 0 Å². The number of benzene rings is 1. The van der Waals surface area contributed by atoms with E-state index in [1.807, 2.05) is 32.9 Å². The molecule has 22 heavy (non-hydrogen) atoms. The Morgan fingerprint density at radius 2 is 2.05 bits per heavy atom. The molecule has 1 aliphatic heterocycles. The highest BCUT2D eigenvalue weighted by atomic mass is 35.5. The summed E-state index contributed by atoms with van der Waals surface area (Å²) < 4.78 is 0. The van der Waals surface area contributed by atoms with E-state index in [0.717, 1.165) is 11.3 Å². The van der Waals surface area contributed by atoms with E-state index < -0.39 is 6.04 Å². The summed E-state index contributed by atoms with van der Waals surface area (Å²) in [6.45, 7) is 8.86. The van der Waals surface area contributed by atoms with Crippen molar-refractivity contribution in [1.82, 2.24) is 4.90 Å². The third kappa shape index (κ3) is 3.43. The van der Waals surface area contributed by atoms with Gasteiger partial charge in [0.2, 0.25) is 11.8 Å². The quantitative estimate of drug-likeness (QED) is 0.857. The molecule has 1 aromatic rings.